The molecule has 10 nitrogen and oxygen atoms in total. The van der Waals surface area contributed by atoms with Gasteiger partial charge in [-0.3, -0.25) is 5.32 Å². The second-order valence-electron chi connectivity index (χ2n) is 9.31. The van der Waals surface area contributed by atoms with Gasteiger partial charge in [-0.15, -0.1) is 0 Å². The molecule has 0 spiro atoms. The predicted octanol–water partition coefficient (Wildman–Crippen LogP) is 5.43. The zero-order chi connectivity index (χ0) is 24.1. The fourth-order valence-electron chi connectivity index (χ4n) is 5.15. The molecule has 1 aliphatic heterocycles. The maximum Gasteiger partial charge on any atom is 0.233 e. The van der Waals surface area contributed by atoms with Crippen LogP contribution in [0.3, 0.4) is 0 Å². The molecular weight excluding hydrogens is 456 g/mol. The lowest BCUT2D eigenvalue weighted by molar-refractivity contribution is 0.174. The van der Waals surface area contributed by atoms with E-state index < -0.39 is 0 Å². The van der Waals surface area contributed by atoms with E-state index in [2.05, 4.69) is 15.2 Å². The number of imidazole rings is 2. The maximum absolute atomic E-state index is 5.55. The molecule has 2 aromatic carbocycles. The van der Waals surface area contributed by atoms with E-state index in [0.717, 1.165) is 46.5 Å². The average molecular weight is 483 g/mol. The molecule has 0 amide bonds. The molecule has 0 saturated heterocycles. The first kappa shape index (κ1) is 21.0. The molecule has 1 aliphatic carbocycles. The highest BCUT2D eigenvalue weighted by molar-refractivity contribution is 5.87. The molecular formula is C26H26N8O2. The highest BCUT2D eigenvalue weighted by Gasteiger charge is 2.22. The predicted molar refractivity (Wildman–Crippen MR) is 137 cm³/mol. The van der Waals surface area contributed by atoms with E-state index in [1.807, 2.05) is 60.4 Å². The third kappa shape index (κ3) is 3.57. The lowest BCUT2D eigenvalue weighted by Gasteiger charge is -2.23. The van der Waals surface area contributed by atoms with E-state index >= 15 is 0 Å². The standard InChI is InChI=1S/C26H26N8O2/c1-33-19-10-6-5-9-18(19)29-26(33)32-25-30-23(28-16-11-12-20-21(13-16)36-15-35-20)22-24(31-25)34(14-27-22)17-7-3-2-4-8-17/h5-6,9-14,17H,2-4,7-8,15H2,1H3,(H2,28,29,30,31,32). The van der Waals surface area contributed by atoms with Crippen molar-refractivity contribution < 1.29 is 9.47 Å². The summed E-state index contributed by atoms with van der Waals surface area (Å²) in [6.45, 7) is 0.231. The Bertz CT molecular complexity index is 1580. The first-order chi connectivity index (χ1) is 17.7. The van der Waals surface area contributed by atoms with Crippen LogP contribution in [0.2, 0.25) is 0 Å². The average Bonchev–Trinajstić information content (AvgIpc) is 3.62. The van der Waals surface area contributed by atoms with Gasteiger partial charge in [-0.2, -0.15) is 9.97 Å². The van der Waals surface area contributed by atoms with E-state index in [0.29, 0.717) is 29.5 Å². The summed E-state index contributed by atoms with van der Waals surface area (Å²) < 4.78 is 15.2. The number of ether oxygens (including phenoxy) is 2. The van der Waals surface area contributed by atoms with Crippen LogP contribution in [0.5, 0.6) is 11.5 Å². The monoisotopic (exact) mass is 482 g/mol. The highest BCUT2D eigenvalue weighted by Crippen LogP contribution is 2.37. The van der Waals surface area contributed by atoms with E-state index in [9.17, 15) is 0 Å². The zero-order valence-electron chi connectivity index (χ0n) is 19.9. The van der Waals surface area contributed by atoms with Gasteiger partial charge in [0.2, 0.25) is 18.7 Å². The lowest BCUT2D eigenvalue weighted by atomic mass is 9.95. The molecule has 5 aromatic rings. The van der Waals surface area contributed by atoms with E-state index in [-0.39, 0.29) is 6.79 Å². The Balaban J connectivity index is 1.31. The lowest BCUT2D eigenvalue weighted by Crippen LogP contribution is -2.13. The number of hydrogen-bond acceptors (Lipinski definition) is 8. The van der Waals surface area contributed by atoms with Crippen molar-refractivity contribution in [2.75, 3.05) is 17.4 Å². The quantitative estimate of drug-likeness (QED) is 0.342. The number of fused-ring (bicyclic) bond motifs is 3. The van der Waals surface area contributed by atoms with Gasteiger partial charge in [0, 0.05) is 24.8 Å². The molecule has 3 aromatic heterocycles. The third-order valence-electron chi connectivity index (χ3n) is 7.04. The van der Waals surface area contributed by atoms with E-state index in [1.165, 1.54) is 19.3 Å². The van der Waals surface area contributed by atoms with Crippen LogP contribution >= 0.6 is 0 Å². The van der Waals surface area contributed by atoms with Gasteiger partial charge in [0.05, 0.1) is 17.4 Å². The number of nitrogens with zero attached hydrogens (tertiary/aromatic N) is 6. The summed E-state index contributed by atoms with van der Waals surface area (Å²) in [5.41, 5.74) is 4.32. The Kier molecular flexibility index (Phi) is 4.90. The van der Waals surface area contributed by atoms with Crippen molar-refractivity contribution in [2.45, 2.75) is 38.1 Å². The fraction of sp³-hybridized carbons (Fsp3) is 0.308. The Hall–Kier alpha value is -4.34. The van der Waals surface area contributed by atoms with E-state index in [1.54, 1.807) is 0 Å². The first-order valence-corrected chi connectivity index (χ1v) is 12.3. The number of benzene rings is 2. The summed E-state index contributed by atoms with van der Waals surface area (Å²) in [4.78, 5) is 19.2. The first-order valence-electron chi connectivity index (χ1n) is 12.3. The fourth-order valence-corrected chi connectivity index (χ4v) is 5.15. The summed E-state index contributed by atoms with van der Waals surface area (Å²) in [6.07, 6.45) is 7.90. The summed E-state index contributed by atoms with van der Waals surface area (Å²) in [6, 6.07) is 14.2. The summed E-state index contributed by atoms with van der Waals surface area (Å²) in [7, 11) is 1.98. The topological polar surface area (TPSA) is 104 Å². The minimum atomic E-state index is 0.231. The van der Waals surface area contributed by atoms with Crippen LogP contribution in [-0.2, 0) is 7.05 Å². The summed E-state index contributed by atoms with van der Waals surface area (Å²) >= 11 is 0. The molecule has 0 unspecified atom stereocenters. The minimum Gasteiger partial charge on any atom is -0.454 e. The molecule has 0 atom stereocenters. The molecule has 0 bridgehead atoms. The van der Waals surface area contributed by atoms with Crippen LogP contribution in [0.15, 0.2) is 48.8 Å². The second kappa shape index (κ2) is 8.40. The van der Waals surface area contributed by atoms with Gasteiger partial charge in [-0.05, 0) is 37.1 Å². The smallest absolute Gasteiger partial charge is 0.233 e. The summed E-state index contributed by atoms with van der Waals surface area (Å²) in [5, 5.41) is 6.78. The molecule has 4 heterocycles. The molecule has 182 valence electrons. The number of aromatic nitrogens is 6. The molecule has 1 saturated carbocycles. The third-order valence-corrected chi connectivity index (χ3v) is 7.04. The Morgan fingerprint density at radius 1 is 0.917 bits per heavy atom. The van der Waals surface area contributed by atoms with Gasteiger partial charge in [0.25, 0.3) is 0 Å². The Labute approximate surface area is 207 Å². The highest BCUT2D eigenvalue weighted by atomic mass is 16.7. The van der Waals surface area contributed by atoms with Crippen LogP contribution in [0, 0.1) is 0 Å². The van der Waals surface area contributed by atoms with Gasteiger partial charge < -0.3 is 23.9 Å². The van der Waals surface area contributed by atoms with Crippen molar-refractivity contribution in [1.82, 2.24) is 29.1 Å². The molecule has 2 N–H and O–H groups in total. The summed E-state index contributed by atoms with van der Waals surface area (Å²) in [5.74, 6) is 3.19. The van der Waals surface area contributed by atoms with Gasteiger partial charge in [-0.1, -0.05) is 31.4 Å². The molecule has 10 heteroatoms. The largest absolute Gasteiger partial charge is 0.454 e. The number of aryl methyl sites for hydroxylation is 1. The number of anilines is 4. The van der Waals surface area contributed by atoms with Gasteiger partial charge in [0.15, 0.2) is 28.5 Å². The van der Waals surface area contributed by atoms with E-state index in [4.69, 9.17) is 29.4 Å². The van der Waals surface area contributed by atoms with Crippen molar-refractivity contribution >= 4 is 45.6 Å². The molecule has 7 rings (SSSR count). The van der Waals surface area contributed by atoms with Gasteiger partial charge >= 0.3 is 0 Å². The van der Waals surface area contributed by atoms with Crippen molar-refractivity contribution in [3.8, 4) is 11.5 Å². The number of nitrogens with one attached hydrogen (secondary N) is 2. The zero-order valence-corrected chi connectivity index (χ0v) is 19.9. The molecule has 2 aliphatic rings. The van der Waals surface area contributed by atoms with Crippen molar-refractivity contribution in [3.05, 3.63) is 48.8 Å². The maximum atomic E-state index is 5.55. The van der Waals surface area contributed by atoms with Crippen LogP contribution in [0.25, 0.3) is 22.2 Å². The van der Waals surface area contributed by atoms with Gasteiger partial charge in [-0.25, -0.2) is 9.97 Å². The van der Waals surface area contributed by atoms with Crippen molar-refractivity contribution in [3.63, 3.8) is 0 Å². The van der Waals surface area contributed by atoms with Crippen LogP contribution in [0.1, 0.15) is 38.1 Å². The Morgan fingerprint density at radius 2 is 1.78 bits per heavy atom. The molecule has 1 fully saturated rings. The van der Waals surface area contributed by atoms with Crippen molar-refractivity contribution in [2.24, 2.45) is 7.05 Å². The minimum absolute atomic E-state index is 0.231. The van der Waals surface area contributed by atoms with Crippen LogP contribution in [0.4, 0.5) is 23.4 Å². The number of hydrogen-bond donors (Lipinski definition) is 2. The number of para-hydroxylation sites is 2. The number of rotatable bonds is 5. The second-order valence-corrected chi connectivity index (χ2v) is 9.31. The van der Waals surface area contributed by atoms with Crippen LogP contribution < -0.4 is 20.1 Å². The van der Waals surface area contributed by atoms with Crippen molar-refractivity contribution in [1.29, 1.82) is 0 Å². The molecule has 36 heavy (non-hydrogen) atoms. The molecule has 0 radical (unpaired) electrons. The van der Waals surface area contributed by atoms with Gasteiger partial charge in [0.1, 0.15) is 0 Å². The van der Waals surface area contributed by atoms with Crippen LogP contribution in [-0.4, -0.2) is 35.9 Å². The Morgan fingerprint density at radius 3 is 2.67 bits per heavy atom. The SMILES string of the molecule is Cn1c(Nc2nc(Nc3ccc4c(c3)OCO4)c3ncn(C4CCCCC4)c3n2)nc2ccccc21. The normalized spacial score (nSPS) is 15.6.